The number of nitrogens with zero attached hydrogens (tertiary/aromatic N) is 2. The summed E-state index contributed by atoms with van der Waals surface area (Å²) in [6, 6.07) is 10.1. The molecule has 3 rings (SSSR count). The second kappa shape index (κ2) is 11.4. The van der Waals surface area contributed by atoms with Gasteiger partial charge in [0.1, 0.15) is 6.61 Å². The van der Waals surface area contributed by atoms with Crippen LogP contribution in [0.3, 0.4) is 0 Å². The van der Waals surface area contributed by atoms with E-state index in [9.17, 15) is 14.7 Å². The Kier molecular flexibility index (Phi) is 8.56. The van der Waals surface area contributed by atoms with Crippen LogP contribution >= 0.6 is 34.4 Å². The normalized spacial score (nSPS) is 15.8. The van der Waals surface area contributed by atoms with Crippen molar-refractivity contribution < 1.29 is 24.2 Å². The van der Waals surface area contributed by atoms with Crippen LogP contribution in [-0.4, -0.2) is 46.8 Å². The van der Waals surface area contributed by atoms with E-state index in [-0.39, 0.29) is 11.5 Å². The van der Waals surface area contributed by atoms with E-state index in [1.54, 1.807) is 29.2 Å². The first kappa shape index (κ1) is 24.8. The van der Waals surface area contributed by atoms with Crippen LogP contribution in [0.2, 0.25) is 0 Å². The van der Waals surface area contributed by atoms with Crippen molar-refractivity contribution in [1.82, 2.24) is 4.90 Å². The Balaban J connectivity index is 1.96. The lowest BCUT2D eigenvalue weighted by Gasteiger charge is -2.14. The van der Waals surface area contributed by atoms with Crippen molar-refractivity contribution in [2.45, 2.75) is 13.8 Å². The number of benzene rings is 2. The van der Waals surface area contributed by atoms with Crippen molar-refractivity contribution in [3.05, 3.63) is 68.7 Å². The minimum absolute atomic E-state index is 0.141. The smallest absolute Gasteiger partial charge is 0.335 e. The number of rotatable bonds is 9. The van der Waals surface area contributed by atoms with E-state index in [0.717, 1.165) is 9.13 Å². The van der Waals surface area contributed by atoms with Crippen LogP contribution in [0.5, 0.6) is 11.5 Å². The number of carbonyl (C=O) groups excluding carboxylic acids is 1. The maximum atomic E-state index is 13.0. The molecule has 33 heavy (non-hydrogen) atoms. The fraction of sp³-hybridized carbons (Fsp3) is 0.208. The van der Waals surface area contributed by atoms with Crippen LogP contribution in [0.15, 0.2) is 59.0 Å². The summed E-state index contributed by atoms with van der Waals surface area (Å²) in [6.07, 6.45) is 3.47. The quantitative estimate of drug-likeness (QED) is 0.238. The van der Waals surface area contributed by atoms with Crippen molar-refractivity contribution in [2.75, 3.05) is 19.8 Å². The first-order chi connectivity index (χ1) is 15.9. The Hall–Kier alpha value is -2.79. The lowest BCUT2D eigenvalue weighted by Crippen LogP contribution is -2.28. The van der Waals surface area contributed by atoms with Gasteiger partial charge in [0.05, 0.1) is 26.3 Å². The number of ether oxygens (including phenoxy) is 2. The van der Waals surface area contributed by atoms with Gasteiger partial charge in [0.15, 0.2) is 16.7 Å². The molecule has 1 aliphatic heterocycles. The SMILES string of the molecule is C=CCOc1c(I)cc(/C=C2\SC(=Nc3cccc(C(=O)O)c3)N(CC)C2=O)cc1OCC. The molecule has 2 aromatic rings. The fourth-order valence-corrected chi connectivity index (χ4v) is 4.90. The fourth-order valence-electron chi connectivity index (χ4n) is 3.06. The molecule has 2 aromatic carbocycles. The molecule has 0 bridgehead atoms. The third-order valence-corrected chi connectivity index (χ3v) is 6.31. The van der Waals surface area contributed by atoms with E-state index in [1.807, 2.05) is 26.0 Å². The molecule has 0 saturated carbocycles. The number of aliphatic imine (C=N–C) groups is 1. The number of hydrogen-bond acceptors (Lipinski definition) is 6. The number of likely N-dealkylation sites (N-methyl/N-ethyl adjacent to an activating group) is 1. The number of carbonyl (C=O) groups is 2. The molecular formula is C24H23IN2O5S. The molecule has 172 valence electrons. The summed E-state index contributed by atoms with van der Waals surface area (Å²) in [5, 5.41) is 9.72. The van der Waals surface area contributed by atoms with Crippen molar-refractivity contribution in [1.29, 1.82) is 0 Å². The summed E-state index contributed by atoms with van der Waals surface area (Å²) >= 11 is 3.43. The summed E-state index contributed by atoms with van der Waals surface area (Å²) in [7, 11) is 0. The van der Waals surface area contributed by atoms with Crippen LogP contribution < -0.4 is 9.47 Å². The van der Waals surface area contributed by atoms with Gasteiger partial charge in [-0.2, -0.15) is 0 Å². The van der Waals surface area contributed by atoms with Gasteiger partial charge in [0.25, 0.3) is 5.91 Å². The number of halogens is 1. The minimum Gasteiger partial charge on any atom is -0.490 e. The van der Waals surface area contributed by atoms with Gasteiger partial charge in [0.2, 0.25) is 0 Å². The third-order valence-electron chi connectivity index (χ3n) is 4.50. The molecule has 0 spiro atoms. The van der Waals surface area contributed by atoms with E-state index < -0.39 is 5.97 Å². The summed E-state index contributed by atoms with van der Waals surface area (Å²) < 4.78 is 12.4. The molecule has 1 aliphatic rings. The van der Waals surface area contributed by atoms with Crippen LogP contribution in [0, 0.1) is 3.57 Å². The van der Waals surface area contributed by atoms with Crippen LogP contribution in [-0.2, 0) is 4.79 Å². The zero-order valence-corrected chi connectivity index (χ0v) is 21.2. The highest BCUT2D eigenvalue weighted by molar-refractivity contribution is 14.1. The molecule has 7 nitrogen and oxygen atoms in total. The predicted molar refractivity (Wildman–Crippen MR) is 139 cm³/mol. The average molecular weight is 578 g/mol. The summed E-state index contributed by atoms with van der Waals surface area (Å²) in [4.78, 5) is 30.9. The van der Waals surface area contributed by atoms with E-state index in [2.05, 4.69) is 34.2 Å². The van der Waals surface area contributed by atoms with Gasteiger partial charge in [-0.1, -0.05) is 18.7 Å². The lowest BCUT2D eigenvalue weighted by molar-refractivity contribution is -0.122. The van der Waals surface area contributed by atoms with E-state index >= 15 is 0 Å². The van der Waals surface area contributed by atoms with E-state index in [4.69, 9.17) is 9.47 Å². The van der Waals surface area contributed by atoms with Gasteiger partial charge in [-0.3, -0.25) is 9.69 Å². The van der Waals surface area contributed by atoms with Crippen molar-refractivity contribution >= 4 is 63.2 Å². The number of thioether (sulfide) groups is 1. The zero-order chi connectivity index (χ0) is 24.0. The van der Waals surface area contributed by atoms with Crippen molar-refractivity contribution in [2.24, 2.45) is 4.99 Å². The van der Waals surface area contributed by atoms with Crippen molar-refractivity contribution in [3.63, 3.8) is 0 Å². The number of amidine groups is 1. The summed E-state index contributed by atoms with van der Waals surface area (Å²) in [5.41, 5.74) is 1.42. The average Bonchev–Trinajstić information content (AvgIpc) is 3.07. The molecule has 0 radical (unpaired) electrons. The van der Waals surface area contributed by atoms with Gasteiger partial charge in [-0.25, -0.2) is 9.79 Å². The van der Waals surface area contributed by atoms with Gasteiger partial charge < -0.3 is 14.6 Å². The number of amides is 1. The molecule has 0 unspecified atom stereocenters. The van der Waals surface area contributed by atoms with Gasteiger partial charge >= 0.3 is 5.97 Å². The zero-order valence-electron chi connectivity index (χ0n) is 18.2. The molecule has 1 N–H and O–H groups in total. The summed E-state index contributed by atoms with van der Waals surface area (Å²) in [5.74, 6) is 0.0527. The second-order valence-corrected chi connectivity index (χ2v) is 8.94. The van der Waals surface area contributed by atoms with Gasteiger partial charge in [0, 0.05) is 6.54 Å². The highest BCUT2D eigenvalue weighted by Crippen LogP contribution is 2.38. The molecule has 1 saturated heterocycles. The monoisotopic (exact) mass is 578 g/mol. The van der Waals surface area contributed by atoms with E-state index in [1.165, 1.54) is 23.9 Å². The van der Waals surface area contributed by atoms with Gasteiger partial charge in [-0.05, 0) is 90.2 Å². The Morgan fingerprint density at radius 2 is 2.06 bits per heavy atom. The van der Waals surface area contributed by atoms with Crippen molar-refractivity contribution in [3.8, 4) is 11.5 Å². The molecule has 9 heteroatoms. The van der Waals surface area contributed by atoms with Gasteiger partial charge in [-0.15, -0.1) is 0 Å². The maximum Gasteiger partial charge on any atom is 0.335 e. The third kappa shape index (κ3) is 5.97. The Bertz CT molecular complexity index is 1150. The molecule has 0 atom stereocenters. The highest BCUT2D eigenvalue weighted by atomic mass is 127. The van der Waals surface area contributed by atoms with E-state index in [0.29, 0.717) is 47.0 Å². The molecule has 1 fully saturated rings. The molecule has 0 aliphatic carbocycles. The maximum absolute atomic E-state index is 13.0. The standard InChI is InChI=1S/C24H23IN2O5S/c1-4-10-32-21-18(25)11-15(12-19(21)31-6-3)13-20-22(28)27(5-2)24(33-20)26-17-9-7-8-16(14-17)23(29)30/h4,7-9,11-14H,1,5-6,10H2,2-3H3,(H,29,30)/b20-13-,26-24?. The number of aromatic carboxylic acids is 1. The molecular weight excluding hydrogens is 555 g/mol. The molecule has 1 amide bonds. The number of carboxylic acids is 1. The Labute approximate surface area is 210 Å². The number of hydrogen-bond donors (Lipinski definition) is 1. The highest BCUT2D eigenvalue weighted by Gasteiger charge is 2.32. The molecule has 1 heterocycles. The van der Waals surface area contributed by atoms with Crippen LogP contribution in [0.1, 0.15) is 29.8 Å². The molecule has 0 aromatic heterocycles. The number of carboxylic acid groups (broad SMARTS) is 1. The first-order valence-corrected chi connectivity index (χ1v) is 12.1. The summed E-state index contributed by atoms with van der Waals surface area (Å²) in [6.45, 7) is 8.72. The second-order valence-electron chi connectivity index (χ2n) is 6.77. The minimum atomic E-state index is -1.03. The predicted octanol–water partition coefficient (Wildman–Crippen LogP) is 5.58. The Morgan fingerprint density at radius 3 is 2.73 bits per heavy atom. The topological polar surface area (TPSA) is 88.4 Å². The van der Waals surface area contributed by atoms with Crippen LogP contribution in [0.25, 0.3) is 6.08 Å². The Morgan fingerprint density at radius 1 is 1.27 bits per heavy atom. The first-order valence-electron chi connectivity index (χ1n) is 10.2. The lowest BCUT2D eigenvalue weighted by atomic mass is 10.2. The largest absolute Gasteiger partial charge is 0.490 e. The van der Waals surface area contributed by atoms with Crippen LogP contribution in [0.4, 0.5) is 5.69 Å².